The van der Waals surface area contributed by atoms with E-state index in [1.54, 1.807) is 0 Å². The smallest absolute Gasteiger partial charge is 0.141 e. The zero-order valence-electron chi connectivity index (χ0n) is 8.26. The summed E-state index contributed by atoms with van der Waals surface area (Å²) in [5.41, 5.74) is 1.18. The Balaban J connectivity index is 3.76. The highest BCUT2D eigenvalue weighted by Crippen LogP contribution is 2.04. The van der Waals surface area contributed by atoms with Gasteiger partial charge in [0.25, 0.3) is 0 Å². The summed E-state index contributed by atoms with van der Waals surface area (Å²) in [6.45, 7) is 6.02. The van der Waals surface area contributed by atoms with Crippen molar-refractivity contribution in [2.24, 2.45) is 0 Å². The fraction of sp³-hybridized carbons (Fsp3) is 0.700. The van der Waals surface area contributed by atoms with Gasteiger partial charge in [0.05, 0.1) is 6.04 Å². The van der Waals surface area contributed by atoms with Gasteiger partial charge in [-0.1, -0.05) is 19.4 Å². The van der Waals surface area contributed by atoms with E-state index in [0.717, 1.165) is 12.7 Å². The number of unbranched alkanes of at least 4 members (excludes halogenated alkanes) is 1. The highest BCUT2D eigenvalue weighted by molar-refractivity contribution is 5.57. The Morgan fingerprint density at radius 2 is 2.25 bits per heavy atom. The lowest BCUT2D eigenvalue weighted by Gasteiger charge is -2.12. The van der Waals surface area contributed by atoms with Gasteiger partial charge in [0.2, 0.25) is 0 Å². The number of carbonyl (C=O) groups is 1. The lowest BCUT2D eigenvalue weighted by Crippen LogP contribution is -2.26. The van der Waals surface area contributed by atoms with Gasteiger partial charge < -0.3 is 10.1 Å². The van der Waals surface area contributed by atoms with Crippen LogP contribution in [-0.4, -0.2) is 12.3 Å². The van der Waals surface area contributed by atoms with Crippen LogP contribution < -0.4 is 5.32 Å². The molecule has 0 radical (unpaired) electrons. The second-order valence-corrected chi connectivity index (χ2v) is 2.99. The fourth-order valence-electron chi connectivity index (χ4n) is 0.994. The average molecular weight is 169 g/mol. The van der Waals surface area contributed by atoms with E-state index in [0.29, 0.717) is 0 Å². The summed E-state index contributed by atoms with van der Waals surface area (Å²) in [5.74, 6) is 0. The number of allylic oxidation sites excluding steroid dienone is 2. The quantitative estimate of drug-likeness (QED) is 0.618. The SMILES string of the molecule is C/C=C(/CCCC)NC(C)C=O. The Hall–Kier alpha value is -0.790. The molecule has 1 N–H and O–H groups in total. The molecule has 1 atom stereocenters. The standard InChI is InChI=1S/C10H19NO/c1-4-6-7-10(5-2)11-9(3)8-12/h5,8-9,11H,4,6-7H2,1-3H3/b10-5-. The van der Waals surface area contributed by atoms with Crippen LogP contribution in [0.25, 0.3) is 0 Å². The van der Waals surface area contributed by atoms with E-state index >= 15 is 0 Å². The van der Waals surface area contributed by atoms with Gasteiger partial charge in [-0.3, -0.25) is 0 Å². The van der Waals surface area contributed by atoms with Gasteiger partial charge in [0.1, 0.15) is 6.29 Å². The van der Waals surface area contributed by atoms with E-state index in [-0.39, 0.29) is 6.04 Å². The predicted octanol–water partition coefficient (Wildman–Crippen LogP) is 2.26. The van der Waals surface area contributed by atoms with Crippen LogP contribution in [-0.2, 0) is 4.79 Å². The minimum absolute atomic E-state index is 0.0620. The lowest BCUT2D eigenvalue weighted by molar-refractivity contribution is -0.109. The second-order valence-electron chi connectivity index (χ2n) is 2.99. The zero-order valence-corrected chi connectivity index (χ0v) is 8.26. The van der Waals surface area contributed by atoms with E-state index < -0.39 is 0 Å². The molecule has 0 rings (SSSR count). The van der Waals surface area contributed by atoms with Crippen molar-refractivity contribution in [3.05, 3.63) is 11.8 Å². The van der Waals surface area contributed by atoms with Crippen LogP contribution in [0.15, 0.2) is 11.8 Å². The molecule has 0 aliphatic carbocycles. The summed E-state index contributed by atoms with van der Waals surface area (Å²) in [4.78, 5) is 10.3. The first-order valence-corrected chi connectivity index (χ1v) is 4.61. The molecule has 0 amide bonds. The monoisotopic (exact) mass is 169 g/mol. The van der Waals surface area contributed by atoms with Crippen molar-refractivity contribution in [1.29, 1.82) is 0 Å². The van der Waals surface area contributed by atoms with Crippen LogP contribution in [0.3, 0.4) is 0 Å². The Labute approximate surface area is 75.0 Å². The van der Waals surface area contributed by atoms with Crippen LogP contribution in [0.4, 0.5) is 0 Å². The van der Waals surface area contributed by atoms with Crippen LogP contribution in [0, 0.1) is 0 Å². The number of hydrogen-bond donors (Lipinski definition) is 1. The molecule has 0 aromatic rings. The molecule has 0 heterocycles. The van der Waals surface area contributed by atoms with Gasteiger partial charge in [-0.05, 0) is 26.7 Å². The van der Waals surface area contributed by atoms with Crippen molar-refractivity contribution in [3.8, 4) is 0 Å². The summed E-state index contributed by atoms with van der Waals surface area (Å²) in [5, 5.41) is 3.14. The molecule has 0 bridgehead atoms. The summed E-state index contributed by atoms with van der Waals surface area (Å²) >= 11 is 0. The number of nitrogens with one attached hydrogen (secondary N) is 1. The van der Waals surface area contributed by atoms with E-state index in [9.17, 15) is 4.79 Å². The third-order valence-electron chi connectivity index (χ3n) is 1.77. The minimum Gasteiger partial charge on any atom is -0.379 e. The Morgan fingerprint density at radius 3 is 2.67 bits per heavy atom. The summed E-state index contributed by atoms with van der Waals surface area (Å²) in [7, 11) is 0. The van der Waals surface area contributed by atoms with Gasteiger partial charge in [0.15, 0.2) is 0 Å². The van der Waals surface area contributed by atoms with Crippen molar-refractivity contribution < 1.29 is 4.79 Å². The topological polar surface area (TPSA) is 29.1 Å². The van der Waals surface area contributed by atoms with Gasteiger partial charge in [-0.15, -0.1) is 0 Å². The maximum atomic E-state index is 10.3. The minimum atomic E-state index is -0.0620. The molecule has 0 aromatic carbocycles. The first-order chi connectivity index (χ1) is 5.74. The van der Waals surface area contributed by atoms with Crippen molar-refractivity contribution in [2.75, 3.05) is 0 Å². The molecule has 12 heavy (non-hydrogen) atoms. The largest absolute Gasteiger partial charge is 0.379 e. The number of carbonyl (C=O) groups excluding carboxylic acids is 1. The molecule has 70 valence electrons. The number of aldehydes is 1. The predicted molar refractivity (Wildman–Crippen MR) is 51.9 cm³/mol. The summed E-state index contributed by atoms with van der Waals surface area (Å²) in [6, 6.07) is -0.0620. The first-order valence-electron chi connectivity index (χ1n) is 4.61. The molecule has 2 heteroatoms. The molecular weight excluding hydrogens is 150 g/mol. The fourth-order valence-corrected chi connectivity index (χ4v) is 0.994. The van der Waals surface area contributed by atoms with Crippen LogP contribution >= 0.6 is 0 Å². The Bertz CT molecular complexity index is 152. The Kier molecular flexibility index (Phi) is 6.44. The zero-order chi connectivity index (χ0) is 9.40. The number of hydrogen-bond acceptors (Lipinski definition) is 2. The molecule has 2 nitrogen and oxygen atoms in total. The molecule has 0 spiro atoms. The van der Waals surface area contributed by atoms with Crippen LogP contribution in [0.5, 0.6) is 0 Å². The van der Waals surface area contributed by atoms with Gasteiger partial charge in [-0.25, -0.2) is 0 Å². The van der Waals surface area contributed by atoms with E-state index in [1.165, 1.54) is 18.5 Å². The lowest BCUT2D eigenvalue weighted by atomic mass is 10.2. The molecular formula is C10H19NO. The van der Waals surface area contributed by atoms with Crippen molar-refractivity contribution >= 4 is 6.29 Å². The summed E-state index contributed by atoms with van der Waals surface area (Å²) in [6.07, 6.45) is 6.38. The summed E-state index contributed by atoms with van der Waals surface area (Å²) < 4.78 is 0. The molecule has 1 unspecified atom stereocenters. The average Bonchev–Trinajstić information content (AvgIpc) is 2.11. The van der Waals surface area contributed by atoms with Crippen LogP contribution in [0.2, 0.25) is 0 Å². The van der Waals surface area contributed by atoms with Gasteiger partial charge in [0, 0.05) is 5.70 Å². The number of rotatable bonds is 6. The van der Waals surface area contributed by atoms with Crippen molar-refractivity contribution in [2.45, 2.75) is 46.1 Å². The third kappa shape index (κ3) is 4.94. The van der Waals surface area contributed by atoms with Crippen molar-refractivity contribution in [1.82, 2.24) is 5.32 Å². The van der Waals surface area contributed by atoms with Crippen LogP contribution in [0.1, 0.15) is 40.0 Å². The van der Waals surface area contributed by atoms with Gasteiger partial charge in [-0.2, -0.15) is 0 Å². The molecule has 0 saturated carbocycles. The third-order valence-corrected chi connectivity index (χ3v) is 1.77. The van der Waals surface area contributed by atoms with E-state index in [2.05, 4.69) is 12.2 Å². The molecule has 0 saturated heterocycles. The highest BCUT2D eigenvalue weighted by Gasteiger charge is 2.00. The molecule has 0 aliphatic rings. The molecule has 0 aromatic heterocycles. The molecule has 0 aliphatic heterocycles. The normalized spacial score (nSPS) is 14.1. The first kappa shape index (κ1) is 11.2. The van der Waals surface area contributed by atoms with E-state index in [1.807, 2.05) is 19.9 Å². The maximum absolute atomic E-state index is 10.3. The second kappa shape index (κ2) is 6.89. The van der Waals surface area contributed by atoms with E-state index in [4.69, 9.17) is 0 Å². The van der Waals surface area contributed by atoms with Gasteiger partial charge >= 0.3 is 0 Å². The van der Waals surface area contributed by atoms with Crippen molar-refractivity contribution in [3.63, 3.8) is 0 Å². The maximum Gasteiger partial charge on any atom is 0.141 e. The Morgan fingerprint density at radius 1 is 1.58 bits per heavy atom. The highest BCUT2D eigenvalue weighted by atomic mass is 16.1. The molecule has 0 fully saturated rings.